The number of unbranched alkanes of at least 4 members (excludes halogenated alkanes) is 1. The van der Waals surface area contributed by atoms with Crippen LogP contribution in [0.2, 0.25) is 10.0 Å². The van der Waals surface area contributed by atoms with Crippen LogP contribution in [0.1, 0.15) is 37.8 Å². The van der Waals surface area contributed by atoms with Gasteiger partial charge in [-0.3, -0.25) is 13.9 Å². The number of rotatable bonds is 13. The van der Waals surface area contributed by atoms with Crippen LogP contribution in [0.5, 0.6) is 5.75 Å². The third-order valence-electron chi connectivity index (χ3n) is 6.55. The molecular weight excluding hydrogens is 585 g/mol. The van der Waals surface area contributed by atoms with Gasteiger partial charge in [-0.05, 0) is 68.3 Å². The Hall–Kier alpha value is -3.27. The third-order valence-corrected chi connectivity index (χ3v) is 8.88. The standard InChI is InChI=1S/C30H35Cl2N3O5S/c1-5-6-16-33-30(37)22(3)34(19-23-8-7-9-25(17-23)40-4)29(36)20-35(28-18-24(31)12-15-27(28)32)41(38,39)26-13-10-21(2)11-14-26/h7-15,17-18,22H,5-6,16,19-20H2,1-4H3,(H,33,37). The molecule has 8 nitrogen and oxygen atoms in total. The molecule has 0 aromatic heterocycles. The lowest BCUT2D eigenvalue weighted by molar-refractivity contribution is -0.139. The van der Waals surface area contributed by atoms with Crippen LogP contribution in [0.3, 0.4) is 0 Å². The number of ether oxygens (including phenoxy) is 1. The number of benzene rings is 3. The zero-order valence-corrected chi connectivity index (χ0v) is 25.9. The van der Waals surface area contributed by atoms with E-state index >= 15 is 0 Å². The minimum Gasteiger partial charge on any atom is -0.497 e. The first-order chi connectivity index (χ1) is 19.5. The Bertz CT molecular complexity index is 1470. The fourth-order valence-electron chi connectivity index (χ4n) is 4.11. The molecule has 0 aliphatic rings. The molecule has 0 heterocycles. The number of halogens is 2. The largest absolute Gasteiger partial charge is 0.497 e. The minimum atomic E-state index is -4.26. The van der Waals surface area contributed by atoms with E-state index in [9.17, 15) is 18.0 Å². The quantitative estimate of drug-likeness (QED) is 0.243. The normalized spacial score (nSPS) is 12.0. The highest BCUT2D eigenvalue weighted by molar-refractivity contribution is 7.92. The predicted molar refractivity (Wildman–Crippen MR) is 163 cm³/mol. The Kier molecular flexibility index (Phi) is 11.5. The Morgan fingerprint density at radius 3 is 2.39 bits per heavy atom. The number of amides is 2. The second-order valence-corrected chi connectivity index (χ2v) is 12.3. The summed E-state index contributed by atoms with van der Waals surface area (Å²) in [5, 5.41) is 3.21. The van der Waals surface area contributed by atoms with Crippen molar-refractivity contribution in [2.75, 3.05) is 24.5 Å². The summed E-state index contributed by atoms with van der Waals surface area (Å²) < 4.78 is 34.1. The molecule has 1 unspecified atom stereocenters. The van der Waals surface area contributed by atoms with Crippen molar-refractivity contribution in [3.05, 3.63) is 87.9 Å². The molecule has 3 aromatic rings. The fourth-order valence-corrected chi connectivity index (χ4v) is 5.97. The monoisotopic (exact) mass is 619 g/mol. The van der Waals surface area contributed by atoms with Gasteiger partial charge in [-0.25, -0.2) is 8.42 Å². The van der Waals surface area contributed by atoms with Crippen molar-refractivity contribution in [1.29, 1.82) is 0 Å². The van der Waals surface area contributed by atoms with E-state index < -0.39 is 28.5 Å². The van der Waals surface area contributed by atoms with E-state index in [0.717, 1.165) is 22.7 Å². The molecule has 0 spiro atoms. The summed E-state index contributed by atoms with van der Waals surface area (Å²) in [6.07, 6.45) is 1.69. The van der Waals surface area contributed by atoms with Gasteiger partial charge in [-0.1, -0.05) is 66.4 Å². The van der Waals surface area contributed by atoms with Crippen LogP contribution in [-0.2, 0) is 26.2 Å². The van der Waals surface area contributed by atoms with Crippen molar-refractivity contribution >= 4 is 50.7 Å². The number of carbonyl (C=O) groups excluding carboxylic acids is 2. The van der Waals surface area contributed by atoms with Gasteiger partial charge in [-0.2, -0.15) is 0 Å². The second-order valence-electron chi connectivity index (χ2n) is 9.61. The summed E-state index contributed by atoms with van der Waals surface area (Å²) in [6, 6.07) is 16.9. The molecule has 1 N–H and O–H groups in total. The summed E-state index contributed by atoms with van der Waals surface area (Å²) >= 11 is 12.7. The summed E-state index contributed by atoms with van der Waals surface area (Å²) in [7, 11) is -2.73. The number of methoxy groups -OCH3 is 1. The zero-order valence-electron chi connectivity index (χ0n) is 23.6. The Morgan fingerprint density at radius 1 is 1.02 bits per heavy atom. The van der Waals surface area contributed by atoms with E-state index in [1.54, 1.807) is 43.3 Å². The maximum absolute atomic E-state index is 14.0. The first kappa shape index (κ1) is 32.2. The highest BCUT2D eigenvalue weighted by atomic mass is 35.5. The fraction of sp³-hybridized carbons (Fsp3) is 0.333. The average molecular weight is 621 g/mol. The first-order valence-electron chi connectivity index (χ1n) is 13.2. The first-order valence-corrected chi connectivity index (χ1v) is 15.4. The van der Waals surface area contributed by atoms with Crippen LogP contribution in [0.15, 0.2) is 71.6 Å². The summed E-state index contributed by atoms with van der Waals surface area (Å²) in [6.45, 7) is 5.36. The lowest BCUT2D eigenvalue weighted by Gasteiger charge is -2.32. The van der Waals surface area contributed by atoms with Crippen molar-refractivity contribution in [2.45, 2.75) is 51.1 Å². The number of hydrogen-bond donors (Lipinski definition) is 1. The highest BCUT2D eigenvalue weighted by Gasteiger charge is 2.33. The smallest absolute Gasteiger partial charge is 0.264 e. The van der Waals surface area contributed by atoms with Gasteiger partial charge in [0.05, 0.1) is 22.7 Å². The second kappa shape index (κ2) is 14.6. The van der Waals surface area contributed by atoms with Crippen molar-refractivity contribution < 1.29 is 22.7 Å². The number of nitrogens with one attached hydrogen (secondary N) is 1. The molecule has 0 saturated carbocycles. The van der Waals surface area contributed by atoms with E-state index in [2.05, 4.69) is 5.32 Å². The zero-order chi connectivity index (χ0) is 30.2. The molecule has 0 saturated heterocycles. The van der Waals surface area contributed by atoms with Gasteiger partial charge in [0, 0.05) is 18.1 Å². The molecule has 11 heteroatoms. The molecule has 3 rings (SSSR count). The third kappa shape index (κ3) is 8.38. The van der Waals surface area contributed by atoms with Crippen molar-refractivity contribution in [1.82, 2.24) is 10.2 Å². The number of carbonyl (C=O) groups is 2. The number of hydrogen-bond acceptors (Lipinski definition) is 5. The SMILES string of the molecule is CCCCNC(=O)C(C)N(Cc1cccc(OC)c1)C(=O)CN(c1cc(Cl)ccc1Cl)S(=O)(=O)c1ccc(C)cc1. The maximum atomic E-state index is 14.0. The van der Waals surface area contributed by atoms with Crippen molar-refractivity contribution in [3.63, 3.8) is 0 Å². The van der Waals surface area contributed by atoms with Crippen molar-refractivity contribution in [3.8, 4) is 5.75 Å². The summed E-state index contributed by atoms with van der Waals surface area (Å²) in [5.74, 6) is -0.356. The molecule has 220 valence electrons. The average Bonchev–Trinajstić information content (AvgIpc) is 2.95. The molecule has 0 aliphatic carbocycles. The van der Waals surface area contributed by atoms with E-state index in [-0.39, 0.29) is 33.1 Å². The van der Waals surface area contributed by atoms with Crippen LogP contribution >= 0.6 is 23.2 Å². The van der Waals surface area contributed by atoms with Crippen LogP contribution < -0.4 is 14.4 Å². The maximum Gasteiger partial charge on any atom is 0.264 e. The van der Waals surface area contributed by atoms with Gasteiger partial charge in [0.15, 0.2) is 0 Å². The Balaban J connectivity index is 2.05. The Morgan fingerprint density at radius 2 is 1.73 bits per heavy atom. The topological polar surface area (TPSA) is 96.0 Å². The van der Waals surface area contributed by atoms with E-state index in [1.807, 2.05) is 13.8 Å². The predicted octanol–water partition coefficient (Wildman–Crippen LogP) is 5.84. The number of nitrogens with zero attached hydrogens (tertiary/aromatic N) is 2. The lowest BCUT2D eigenvalue weighted by Crippen LogP contribution is -2.51. The molecule has 0 radical (unpaired) electrons. The molecule has 2 amide bonds. The van der Waals surface area contributed by atoms with Crippen molar-refractivity contribution in [2.24, 2.45) is 0 Å². The molecule has 1 atom stereocenters. The number of anilines is 1. The number of sulfonamides is 1. The molecule has 0 fully saturated rings. The van der Waals surface area contributed by atoms with E-state index in [1.165, 1.54) is 42.3 Å². The van der Waals surface area contributed by atoms with Gasteiger partial charge < -0.3 is 15.0 Å². The summed E-state index contributed by atoms with van der Waals surface area (Å²) in [4.78, 5) is 28.4. The van der Waals surface area contributed by atoms with Gasteiger partial charge in [0.25, 0.3) is 10.0 Å². The summed E-state index contributed by atoms with van der Waals surface area (Å²) in [5.41, 5.74) is 1.63. The molecule has 0 bridgehead atoms. The van der Waals surface area contributed by atoms with Crippen LogP contribution in [-0.4, -0.2) is 51.4 Å². The number of aryl methyl sites for hydroxylation is 1. The van der Waals surface area contributed by atoms with Gasteiger partial charge in [-0.15, -0.1) is 0 Å². The lowest BCUT2D eigenvalue weighted by atomic mass is 10.1. The molecule has 0 aliphatic heterocycles. The molecule has 41 heavy (non-hydrogen) atoms. The van der Waals surface area contributed by atoms with E-state index in [4.69, 9.17) is 27.9 Å². The highest BCUT2D eigenvalue weighted by Crippen LogP contribution is 2.33. The molecular formula is C30H35Cl2N3O5S. The molecule has 3 aromatic carbocycles. The van der Waals surface area contributed by atoms with Crippen LogP contribution in [0.4, 0.5) is 5.69 Å². The van der Waals surface area contributed by atoms with Gasteiger partial charge in [0.1, 0.15) is 18.3 Å². The van der Waals surface area contributed by atoms with Gasteiger partial charge >= 0.3 is 0 Å². The van der Waals surface area contributed by atoms with Crippen LogP contribution in [0.25, 0.3) is 0 Å². The van der Waals surface area contributed by atoms with Gasteiger partial charge in [0.2, 0.25) is 11.8 Å². The Labute approximate surface area is 252 Å². The van der Waals surface area contributed by atoms with Crippen LogP contribution in [0, 0.1) is 6.92 Å². The van der Waals surface area contributed by atoms with E-state index in [0.29, 0.717) is 17.9 Å². The minimum absolute atomic E-state index is 0.0170.